The van der Waals surface area contributed by atoms with Crippen LogP contribution in [-0.4, -0.2) is 22.5 Å². The van der Waals surface area contributed by atoms with Crippen LogP contribution >= 0.6 is 11.6 Å². The summed E-state index contributed by atoms with van der Waals surface area (Å²) in [5.41, 5.74) is 0.700. The quantitative estimate of drug-likeness (QED) is 0.607. The van der Waals surface area contributed by atoms with Crippen molar-refractivity contribution in [1.82, 2.24) is 15.5 Å². The van der Waals surface area contributed by atoms with Crippen LogP contribution in [0, 0.1) is 12.3 Å². The minimum absolute atomic E-state index is 0.132. The third kappa shape index (κ3) is 3.56. The maximum atomic E-state index is 13.0. The van der Waals surface area contributed by atoms with Gasteiger partial charge >= 0.3 is 0 Å². The molecular formula is C19H18ClF2N3O3. The first-order valence-corrected chi connectivity index (χ1v) is 9.18. The number of halogens is 3. The second-order valence-electron chi connectivity index (χ2n) is 7.03. The molecule has 6 nitrogen and oxygen atoms in total. The SMILES string of the molecule is Cc1cc(COc2cc3[nH]c(CNC(=O)C4(C(F)F)CC4)cc3cc2Cl)on1. The molecule has 0 radical (unpaired) electrons. The van der Waals surface area contributed by atoms with Crippen LogP contribution < -0.4 is 10.1 Å². The third-order valence-corrected chi connectivity index (χ3v) is 5.17. The molecule has 9 heteroatoms. The van der Waals surface area contributed by atoms with E-state index in [1.54, 1.807) is 18.2 Å². The number of hydrogen-bond donors (Lipinski definition) is 2. The predicted octanol–water partition coefficient (Wildman–Crippen LogP) is 4.36. The van der Waals surface area contributed by atoms with Gasteiger partial charge in [0.25, 0.3) is 6.43 Å². The van der Waals surface area contributed by atoms with E-state index in [1.807, 2.05) is 13.0 Å². The molecule has 1 amide bonds. The Bertz CT molecular complexity index is 1030. The summed E-state index contributed by atoms with van der Waals surface area (Å²) < 4.78 is 36.8. The number of hydrogen-bond acceptors (Lipinski definition) is 4. The lowest BCUT2D eigenvalue weighted by Gasteiger charge is -2.13. The Kier molecular flexibility index (Phi) is 4.74. The number of nitrogens with one attached hydrogen (secondary N) is 2. The molecule has 3 aromatic rings. The van der Waals surface area contributed by atoms with E-state index in [1.165, 1.54) is 0 Å². The minimum Gasteiger partial charge on any atom is -0.484 e. The number of benzene rings is 1. The van der Waals surface area contributed by atoms with E-state index < -0.39 is 17.7 Å². The molecular weight excluding hydrogens is 392 g/mol. The fourth-order valence-corrected chi connectivity index (χ4v) is 3.29. The minimum atomic E-state index is -2.64. The Balaban J connectivity index is 1.44. The number of H-pyrrole nitrogens is 1. The van der Waals surface area contributed by atoms with Gasteiger partial charge < -0.3 is 19.6 Å². The van der Waals surface area contributed by atoms with Crippen molar-refractivity contribution in [2.45, 2.75) is 39.3 Å². The van der Waals surface area contributed by atoms with E-state index in [2.05, 4.69) is 15.5 Å². The number of alkyl halides is 2. The Labute approximate surface area is 164 Å². The molecule has 0 atom stereocenters. The molecule has 0 bridgehead atoms. The Hall–Kier alpha value is -2.61. The molecule has 1 fully saturated rings. The summed E-state index contributed by atoms with van der Waals surface area (Å²) in [6.45, 7) is 2.14. The van der Waals surface area contributed by atoms with Gasteiger partial charge in [0.1, 0.15) is 17.8 Å². The molecule has 0 spiro atoms. The number of aromatic amines is 1. The molecule has 1 aromatic carbocycles. The summed E-state index contributed by atoms with van der Waals surface area (Å²) in [7, 11) is 0. The summed E-state index contributed by atoms with van der Waals surface area (Å²) in [4.78, 5) is 15.2. The van der Waals surface area contributed by atoms with Gasteiger partial charge in [-0.2, -0.15) is 0 Å². The van der Waals surface area contributed by atoms with Crippen LogP contribution in [0.3, 0.4) is 0 Å². The van der Waals surface area contributed by atoms with E-state index in [9.17, 15) is 13.6 Å². The van der Waals surface area contributed by atoms with Crippen molar-refractivity contribution in [3.63, 3.8) is 0 Å². The average molecular weight is 410 g/mol. The van der Waals surface area contributed by atoms with Gasteiger partial charge in [-0.05, 0) is 31.9 Å². The summed E-state index contributed by atoms with van der Waals surface area (Å²) in [5, 5.41) is 7.63. The van der Waals surface area contributed by atoms with Crippen LogP contribution in [0.4, 0.5) is 8.78 Å². The van der Waals surface area contributed by atoms with Crippen molar-refractivity contribution < 1.29 is 22.8 Å². The van der Waals surface area contributed by atoms with Gasteiger partial charge in [0, 0.05) is 28.7 Å². The number of ether oxygens (including phenoxy) is 1. The number of fused-ring (bicyclic) bond motifs is 1. The van der Waals surface area contributed by atoms with Crippen LogP contribution in [-0.2, 0) is 17.9 Å². The molecule has 2 aromatic heterocycles. The lowest BCUT2D eigenvalue weighted by molar-refractivity contribution is -0.132. The lowest BCUT2D eigenvalue weighted by Crippen LogP contribution is -2.35. The third-order valence-electron chi connectivity index (χ3n) is 4.87. The van der Waals surface area contributed by atoms with Gasteiger partial charge in [0.15, 0.2) is 5.76 Å². The molecule has 0 unspecified atom stereocenters. The number of carbonyl (C=O) groups is 1. The van der Waals surface area contributed by atoms with Crippen molar-refractivity contribution in [2.24, 2.45) is 5.41 Å². The van der Waals surface area contributed by atoms with E-state index in [4.69, 9.17) is 20.9 Å². The molecule has 2 heterocycles. The van der Waals surface area contributed by atoms with Gasteiger partial charge in [-0.3, -0.25) is 4.79 Å². The smallest absolute Gasteiger partial charge is 0.252 e. The normalized spacial score (nSPS) is 15.2. The number of carbonyl (C=O) groups excluding carboxylic acids is 1. The second-order valence-corrected chi connectivity index (χ2v) is 7.43. The zero-order chi connectivity index (χ0) is 19.9. The highest BCUT2D eigenvalue weighted by Gasteiger charge is 2.57. The van der Waals surface area contributed by atoms with Crippen LogP contribution in [0.1, 0.15) is 30.0 Å². The first-order valence-electron chi connectivity index (χ1n) is 8.80. The fourth-order valence-electron chi connectivity index (χ4n) is 3.06. The standard InChI is InChI=1S/C19H18ClF2N3O3/c1-10-4-13(28-25-10)9-27-16-7-15-11(6-14(16)20)5-12(24-15)8-23-18(26)19(2-3-19)17(21)22/h4-7,17,24H,2-3,8-9H2,1H3,(H,23,26). The molecule has 2 N–H and O–H groups in total. The number of amides is 1. The van der Waals surface area contributed by atoms with Crippen LogP contribution in [0.2, 0.25) is 5.02 Å². The number of rotatable bonds is 7. The maximum Gasteiger partial charge on any atom is 0.252 e. The number of aryl methyl sites for hydroxylation is 1. The zero-order valence-corrected chi connectivity index (χ0v) is 15.8. The van der Waals surface area contributed by atoms with Crippen LogP contribution in [0.15, 0.2) is 28.8 Å². The van der Waals surface area contributed by atoms with Gasteiger partial charge in [-0.25, -0.2) is 8.78 Å². The fraction of sp³-hybridized carbons (Fsp3) is 0.368. The highest BCUT2D eigenvalue weighted by molar-refractivity contribution is 6.32. The van der Waals surface area contributed by atoms with E-state index >= 15 is 0 Å². The first kappa shape index (κ1) is 18.7. The van der Waals surface area contributed by atoms with Crippen molar-refractivity contribution in [2.75, 3.05) is 0 Å². The average Bonchev–Trinajstić information content (AvgIpc) is 3.24. The highest BCUT2D eigenvalue weighted by atomic mass is 35.5. The zero-order valence-electron chi connectivity index (χ0n) is 15.0. The largest absolute Gasteiger partial charge is 0.484 e. The maximum absolute atomic E-state index is 13.0. The summed E-state index contributed by atoms with van der Waals surface area (Å²) in [6, 6.07) is 7.07. The highest BCUT2D eigenvalue weighted by Crippen LogP contribution is 2.50. The summed E-state index contributed by atoms with van der Waals surface area (Å²) >= 11 is 6.28. The topological polar surface area (TPSA) is 80.1 Å². The van der Waals surface area contributed by atoms with E-state index in [0.29, 0.717) is 22.2 Å². The van der Waals surface area contributed by atoms with Gasteiger partial charge in [-0.15, -0.1) is 0 Å². The van der Waals surface area contributed by atoms with Crippen molar-refractivity contribution in [3.8, 4) is 5.75 Å². The molecule has 4 rings (SSSR count). The Morgan fingerprint density at radius 2 is 2.18 bits per heavy atom. The molecule has 0 saturated heterocycles. The van der Waals surface area contributed by atoms with Crippen molar-refractivity contribution >= 4 is 28.4 Å². The van der Waals surface area contributed by atoms with E-state index in [-0.39, 0.29) is 26.0 Å². The van der Waals surface area contributed by atoms with Crippen molar-refractivity contribution in [3.05, 3.63) is 46.4 Å². The van der Waals surface area contributed by atoms with Crippen LogP contribution in [0.25, 0.3) is 10.9 Å². The lowest BCUT2D eigenvalue weighted by atomic mass is 10.1. The second kappa shape index (κ2) is 7.09. The monoisotopic (exact) mass is 409 g/mol. The summed E-state index contributed by atoms with van der Waals surface area (Å²) in [5.74, 6) is 0.442. The molecule has 0 aliphatic heterocycles. The van der Waals surface area contributed by atoms with Crippen molar-refractivity contribution in [1.29, 1.82) is 0 Å². The molecule has 1 aliphatic rings. The summed E-state index contributed by atoms with van der Waals surface area (Å²) in [6.07, 6.45) is -2.18. The van der Waals surface area contributed by atoms with Gasteiger partial charge in [0.05, 0.1) is 17.3 Å². The molecule has 28 heavy (non-hydrogen) atoms. The van der Waals surface area contributed by atoms with Crippen LogP contribution in [0.5, 0.6) is 5.75 Å². The van der Waals surface area contributed by atoms with Gasteiger partial charge in [0.2, 0.25) is 5.91 Å². The Morgan fingerprint density at radius 3 is 2.82 bits per heavy atom. The van der Waals surface area contributed by atoms with E-state index in [0.717, 1.165) is 16.6 Å². The molecule has 1 saturated carbocycles. The number of aromatic nitrogens is 2. The predicted molar refractivity (Wildman–Crippen MR) is 98.4 cm³/mol. The van der Waals surface area contributed by atoms with Gasteiger partial charge in [-0.1, -0.05) is 16.8 Å². The molecule has 148 valence electrons. The first-order chi connectivity index (χ1) is 13.4. The Morgan fingerprint density at radius 1 is 1.39 bits per heavy atom. The number of nitrogens with zero attached hydrogens (tertiary/aromatic N) is 1. The molecule has 1 aliphatic carbocycles.